The molecule has 0 radical (unpaired) electrons. The van der Waals surface area contributed by atoms with Crippen molar-refractivity contribution in [2.45, 2.75) is 34.6 Å². The first-order valence-electron chi connectivity index (χ1n) is 3.89. The van der Waals surface area contributed by atoms with E-state index in [1.54, 1.807) is 0 Å². The van der Waals surface area contributed by atoms with Gasteiger partial charge >= 0.3 is 0 Å². The Bertz CT molecular complexity index is 203. The average molecular weight is 151 g/mol. The van der Waals surface area contributed by atoms with Gasteiger partial charge in [0.2, 0.25) is 0 Å². The first-order chi connectivity index (χ1) is 5.07. The van der Waals surface area contributed by atoms with Gasteiger partial charge in [0.15, 0.2) is 0 Å². The van der Waals surface area contributed by atoms with Gasteiger partial charge in [-0.25, -0.2) is 0 Å². The summed E-state index contributed by atoms with van der Waals surface area (Å²) in [5.41, 5.74) is 3.57. The number of allylic oxidation sites excluding steroid dienone is 4. The highest BCUT2D eigenvalue weighted by molar-refractivity contribution is 5.78. The second-order valence-corrected chi connectivity index (χ2v) is 2.88. The molecule has 0 aromatic carbocycles. The summed E-state index contributed by atoms with van der Waals surface area (Å²) in [6.45, 7) is 10.2. The molecule has 62 valence electrons. The molecular weight excluding hydrogens is 134 g/mol. The lowest BCUT2D eigenvalue weighted by Crippen LogP contribution is -1.79. The fraction of sp³-hybridized carbons (Fsp3) is 0.500. The molecule has 0 aliphatic heterocycles. The Morgan fingerprint density at radius 2 is 1.64 bits per heavy atom. The van der Waals surface area contributed by atoms with E-state index in [1.165, 1.54) is 11.1 Å². The van der Waals surface area contributed by atoms with Crippen molar-refractivity contribution < 1.29 is 0 Å². The Morgan fingerprint density at radius 1 is 1.09 bits per heavy atom. The van der Waals surface area contributed by atoms with Crippen molar-refractivity contribution in [1.29, 1.82) is 0 Å². The van der Waals surface area contributed by atoms with Crippen LogP contribution in [-0.2, 0) is 0 Å². The fourth-order valence-electron chi connectivity index (χ4n) is 0.402. The van der Waals surface area contributed by atoms with Crippen molar-refractivity contribution in [3.05, 3.63) is 22.9 Å². The Kier molecular flexibility index (Phi) is 4.51. The molecule has 1 nitrogen and oxygen atoms in total. The van der Waals surface area contributed by atoms with Crippen LogP contribution in [0.25, 0.3) is 0 Å². The maximum atomic E-state index is 4.28. The van der Waals surface area contributed by atoms with Crippen LogP contribution in [0, 0.1) is 0 Å². The molecule has 0 aromatic rings. The summed E-state index contributed by atoms with van der Waals surface area (Å²) >= 11 is 0. The largest absolute Gasteiger partial charge is 0.261 e. The molecule has 0 heterocycles. The van der Waals surface area contributed by atoms with Gasteiger partial charge in [-0.2, -0.15) is 0 Å². The molecule has 0 spiro atoms. The maximum absolute atomic E-state index is 4.28. The standard InChI is InChI=1S/C10H17N/c1-6-9(4)7-11-10(5)8(2)3/h6-7H,1-5H3/b9-6-,11-7?. The summed E-state index contributed by atoms with van der Waals surface area (Å²) < 4.78 is 0. The van der Waals surface area contributed by atoms with E-state index in [4.69, 9.17) is 0 Å². The number of aliphatic imine (C=N–C) groups is 1. The first kappa shape index (κ1) is 10.2. The van der Waals surface area contributed by atoms with E-state index < -0.39 is 0 Å². The molecule has 0 aliphatic rings. The van der Waals surface area contributed by atoms with Crippen molar-refractivity contribution in [2.75, 3.05) is 0 Å². The molecule has 0 saturated carbocycles. The lowest BCUT2D eigenvalue weighted by atomic mass is 10.3. The molecule has 0 aromatic heterocycles. The molecule has 0 rings (SSSR count). The van der Waals surface area contributed by atoms with Gasteiger partial charge in [0.05, 0.1) is 0 Å². The third-order valence-electron chi connectivity index (χ3n) is 1.64. The predicted molar refractivity (Wildman–Crippen MR) is 52.0 cm³/mol. The summed E-state index contributed by atoms with van der Waals surface area (Å²) in [4.78, 5) is 4.28. The topological polar surface area (TPSA) is 12.4 Å². The van der Waals surface area contributed by atoms with Crippen LogP contribution in [0.4, 0.5) is 0 Å². The lowest BCUT2D eigenvalue weighted by molar-refractivity contribution is 1.19. The van der Waals surface area contributed by atoms with Crippen LogP contribution >= 0.6 is 0 Å². The van der Waals surface area contributed by atoms with Gasteiger partial charge in [-0.3, -0.25) is 4.99 Å². The number of rotatable bonds is 2. The monoisotopic (exact) mass is 151 g/mol. The van der Waals surface area contributed by atoms with E-state index >= 15 is 0 Å². The van der Waals surface area contributed by atoms with Crippen LogP contribution in [0.2, 0.25) is 0 Å². The zero-order valence-electron chi connectivity index (χ0n) is 8.10. The van der Waals surface area contributed by atoms with Gasteiger partial charge in [0.25, 0.3) is 0 Å². The zero-order chi connectivity index (χ0) is 8.85. The summed E-state index contributed by atoms with van der Waals surface area (Å²) in [7, 11) is 0. The van der Waals surface area contributed by atoms with E-state index in [1.807, 2.05) is 33.1 Å². The molecule has 0 N–H and O–H groups in total. The summed E-state index contributed by atoms with van der Waals surface area (Å²) in [6, 6.07) is 0. The molecule has 0 unspecified atom stereocenters. The molecule has 0 amide bonds. The van der Waals surface area contributed by atoms with Crippen molar-refractivity contribution in [1.82, 2.24) is 0 Å². The fourth-order valence-corrected chi connectivity index (χ4v) is 0.402. The second kappa shape index (κ2) is 4.89. The molecule has 0 aliphatic carbocycles. The minimum absolute atomic E-state index is 1.10. The Balaban J connectivity index is 4.27. The van der Waals surface area contributed by atoms with Crippen molar-refractivity contribution in [2.24, 2.45) is 4.99 Å². The molecule has 0 atom stereocenters. The number of nitrogens with zero attached hydrogens (tertiary/aromatic N) is 1. The van der Waals surface area contributed by atoms with Crippen molar-refractivity contribution >= 4 is 6.21 Å². The van der Waals surface area contributed by atoms with E-state index in [0.29, 0.717) is 0 Å². The maximum Gasteiger partial charge on any atom is 0.0359 e. The highest BCUT2D eigenvalue weighted by atomic mass is 14.7. The highest BCUT2D eigenvalue weighted by Crippen LogP contribution is 2.02. The van der Waals surface area contributed by atoms with E-state index in [-0.39, 0.29) is 0 Å². The minimum Gasteiger partial charge on any atom is -0.261 e. The third kappa shape index (κ3) is 4.54. The Morgan fingerprint density at radius 3 is 2.00 bits per heavy atom. The quantitative estimate of drug-likeness (QED) is 0.537. The Labute approximate surface area is 69.5 Å². The number of hydrogen-bond acceptors (Lipinski definition) is 1. The lowest BCUT2D eigenvalue weighted by Gasteiger charge is -1.94. The van der Waals surface area contributed by atoms with Crippen LogP contribution in [0.5, 0.6) is 0 Å². The summed E-state index contributed by atoms with van der Waals surface area (Å²) in [5.74, 6) is 0. The molecule has 0 fully saturated rings. The van der Waals surface area contributed by atoms with Gasteiger partial charge in [-0.15, -0.1) is 0 Å². The SMILES string of the molecule is C/C=C(/C)C=NC(C)=C(C)C. The average Bonchev–Trinajstić information content (AvgIpc) is 1.99. The third-order valence-corrected chi connectivity index (χ3v) is 1.64. The molecule has 1 heteroatoms. The molecule has 0 bridgehead atoms. The Hall–Kier alpha value is -0.850. The normalized spacial score (nSPS) is 12.3. The smallest absolute Gasteiger partial charge is 0.0359 e. The van der Waals surface area contributed by atoms with Crippen LogP contribution in [-0.4, -0.2) is 6.21 Å². The summed E-state index contributed by atoms with van der Waals surface area (Å²) in [6.07, 6.45) is 3.93. The van der Waals surface area contributed by atoms with Gasteiger partial charge in [0, 0.05) is 11.9 Å². The van der Waals surface area contributed by atoms with Crippen LogP contribution in [0.15, 0.2) is 27.9 Å². The minimum atomic E-state index is 1.10. The van der Waals surface area contributed by atoms with Crippen LogP contribution in [0.3, 0.4) is 0 Å². The molecule has 11 heavy (non-hydrogen) atoms. The van der Waals surface area contributed by atoms with E-state index in [2.05, 4.69) is 18.8 Å². The zero-order valence-corrected chi connectivity index (χ0v) is 8.10. The van der Waals surface area contributed by atoms with Crippen molar-refractivity contribution in [3.8, 4) is 0 Å². The van der Waals surface area contributed by atoms with Crippen LogP contribution in [0.1, 0.15) is 34.6 Å². The van der Waals surface area contributed by atoms with Crippen LogP contribution < -0.4 is 0 Å². The van der Waals surface area contributed by atoms with Gasteiger partial charge in [0.1, 0.15) is 0 Å². The van der Waals surface area contributed by atoms with E-state index in [9.17, 15) is 0 Å². The number of hydrogen-bond donors (Lipinski definition) is 0. The predicted octanol–water partition coefficient (Wildman–Crippen LogP) is 3.34. The van der Waals surface area contributed by atoms with Gasteiger partial charge in [-0.05, 0) is 40.2 Å². The highest BCUT2D eigenvalue weighted by Gasteiger charge is 1.85. The molecular formula is C10H17N. The second-order valence-electron chi connectivity index (χ2n) is 2.88. The summed E-state index contributed by atoms with van der Waals surface area (Å²) in [5, 5.41) is 0. The van der Waals surface area contributed by atoms with Gasteiger partial charge in [-0.1, -0.05) is 11.6 Å². The molecule has 0 saturated heterocycles. The van der Waals surface area contributed by atoms with Crippen molar-refractivity contribution in [3.63, 3.8) is 0 Å². The van der Waals surface area contributed by atoms with E-state index in [0.717, 1.165) is 5.70 Å². The first-order valence-corrected chi connectivity index (χ1v) is 3.89. The van der Waals surface area contributed by atoms with Gasteiger partial charge < -0.3 is 0 Å².